The number of methoxy groups -OCH3 is 1. The van der Waals surface area contributed by atoms with Crippen LogP contribution in [0.25, 0.3) is 0 Å². The van der Waals surface area contributed by atoms with Crippen LogP contribution in [0.1, 0.15) is 44.1 Å². The third kappa shape index (κ3) is 4.24. The van der Waals surface area contributed by atoms with Crippen LogP contribution in [0.4, 0.5) is 8.78 Å². The molecular weight excluding hydrogens is 366 g/mol. The summed E-state index contributed by atoms with van der Waals surface area (Å²) >= 11 is 0. The number of nitrogens with one attached hydrogen (secondary N) is 2. The van der Waals surface area contributed by atoms with E-state index in [1.807, 2.05) is 0 Å². The third-order valence-electron chi connectivity index (χ3n) is 6.60. The number of halogens is 2. The number of benzene rings is 1. The van der Waals surface area contributed by atoms with Crippen LogP contribution in [0.3, 0.4) is 0 Å². The van der Waals surface area contributed by atoms with Gasteiger partial charge in [-0.05, 0) is 74.0 Å². The van der Waals surface area contributed by atoms with Crippen LogP contribution in [-0.4, -0.2) is 31.7 Å². The molecule has 0 saturated heterocycles. The maximum Gasteiger partial charge on any atom is 0.387 e. The largest absolute Gasteiger partial charge is 0.493 e. The Bertz CT molecular complexity index is 690. The van der Waals surface area contributed by atoms with Crippen LogP contribution in [-0.2, 0) is 11.3 Å². The molecule has 1 aromatic carbocycles. The van der Waals surface area contributed by atoms with E-state index in [4.69, 9.17) is 4.74 Å². The van der Waals surface area contributed by atoms with Crippen molar-refractivity contribution < 1.29 is 23.0 Å². The van der Waals surface area contributed by atoms with Crippen LogP contribution in [0, 0.1) is 17.8 Å². The van der Waals surface area contributed by atoms with E-state index in [2.05, 4.69) is 15.4 Å². The third-order valence-corrected chi connectivity index (χ3v) is 6.60. The molecule has 2 N–H and O–H groups in total. The number of carbonyl (C=O) groups excluding carboxylic acids is 1. The summed E-state index contributed by atoms with van der Waals surface area (Å²) in [6, 6.07) is 4.68. The highest BCUT2D eigenvalue weighted by atomic mass is 19.3. The second kappa shape index (κ2) is 7.85. The second-order valence-corrected chi connectivity index (χ2v) is 8.69. The Kier molecular flexibility index (Phi) is 5.45. The van der Waals surface area contributed by atoms with Crippen molar-refractivity contribution in [2.24, 2.45) is 17.8 Å². The van der Waals surface area contributed by atoms with Crippen LogP contribution in [0.15, 0.2) is 18.2 Å². The number of ether oxygens (including phenoxy) is 2. The van der Waals surface area contributed by atoms with E-state index in [1.54, 1.807) is 12.1 Å². The maximum atomic E-state index is 12.4. The fraction of sp³-hybridized carbons (Fsp3) is 0.667. The molecule has 4 fully saturated rings. The summed E-state index contributed by atoms with van der Waals surface area (Å²) in [4.78, 5) is 12.3. The van der Waals surface area contributed by atoms with Crippen molar-refractivity contribution in [2.75, 3.05) is 13.7 Å². The molecule has 0 unspecified atom stereocenters. The Morgan fingerprint density at radius 2 is 1.79 bits per heavy atom. The summed E-state index contributed by atoms with van der Waals surface area (Å²) in [5, 5.41) is 6.47. The Hall–Kier alpha value is -1.89. The molecule has 4 bridgehead atoms. The molecule has 4 aliphatic carbocycles. The van der Waals surface area contributed by atoms with Crippen LogP contribution in [0.5, 0.6) is 11.5 Å². The molecule has 7 heteroatoms. The summed E-state index contributed by atoms with van der Waals surface area (Å²) in [6.07, 6.45) is 7.74. The number of alkyl halides is 2. The number of carbonyl (C=O) groups is 1. The topological polar surface area (TPSA) is 59.6 Å². The summed E-state index contributed by atoms with van der Waals surface area (Å²) in [6.45, 7) is -2.28. The van der Waals surface area contributed by atoms with Gasteiger partial charge in [-0.2, -0.15) is 8.78 Å². The number of rotatable bonds is 8. The molecule has 4 aliphatic rings. The van der Waals surface area contributed by atoms with Crippen LogP contribution < -0.4 is 20.1 Å². The van der Waals surface area contributed by atoms with Gasteiger partial charge in [-0.1, -0.05) is 6.07 Å². The van der Waals surface area contributed by atoms with E-state index in [9.17, 15) is 13.6 Å². The van der Waals surface area contributed by atoms with Gasteiger partial charge in [0.2, 0.25) is 5.91 Å². The fourth-order valence-electron chi connectivity index (χ4n) is 5.87. The first-order valence-corrected chi connectivity index (χ1v) is 10.1. The smallest absolute Gasteiger partial charge is 0.387 e. The van der Waals surface area contributed by atoms with Crippen molar-refractivity contribution in [1.29, 1.82) is 0 Å². The minimum atomic E-state index is -2.91. The van der Waals surface area contributed by atoms with Gasteiger partial charge in [0.15, 0.2) is 11.5 Å². The summed E-state index contributed by atoms with van der Waals surface area (Å²) in [5.74, 6) is 2.66. The van der Waals surface area contributed by atoms with Crippen molar-refractivity contribution in [3.8, 4) is 11.5 Å². The minimum absolute atomic E-state index is 0.0175. The van der Waals surface area contributed by atoms with E-state index in [0.29, 0.717) is 13.1 Å². The lowest BCUT2D eigenvalue weighted by molar-refractivity contribution is -0.121. The van der Waals surface area contributed by atoms with Gasteiger partial charge in [0.1, 0.15) is 0 Å². The zero-order chi connectivity index (χ0) is 19.7. The average molecular weight is 394 g/mol. The number of amides is 1. The predicted octanol–water partition coefficient (Wildman–Crippen LogP) is 3.47. The molecule has 4 saturated carbocycles. The van der Waals surface area contributed by atoms with E-state index < -0.39 is 6.61 Å². The second-order valence-electron chi connectivity index (χ2n) is 8.69. The van der Waals surface area contributed by atoms with E-state index >= 15 is 0 Å². The molecule has 154 valence electrons. The van der Waals surface area contributed by atoms with Crippen molar-refractivity contribution in [2.45, 2.75) is 57.2 Å². The molecule has 1 amide bonds. The molecule has 5 nitrogen and oxygen atoms in total. The van der Waals surface area contributed by atoms with Gasteiger partial charge in [-0.25, -0.2) is 0 Å². The maximum absolute atomic E-state index is 12.4. The lowest BCUT2D eigenvalue weighted by atomic mass is 9.53. The van der Waals surface area contributed by atoms with Gasteiger partial charge < -0.3 is 20.1 Å². The molecular formula is C21H28F2N2O3. The van der Waals surface area contributed by atoms with Crippen LogP contribution >= 0.6 is 0 Å². The van der Waals surface area contributed by atoms with Gasteiger partial charge in [0.25, 0.3) is 0 Å². The monoisotopic (exact) mass is 394 g/mol. The molecule has 0 radical (unpaired) electrons. The Balaban J connectivity index is 1.28. The molecule has 0 aromatic heterocycles. The van der Waals surface area contributed by atoms with Gasteiger partial charge in [0.05, 0.1) is 13.7 Å². The molecule has 1 aromatic rings. The zero-order valence-corrected chi connectivity index (χ0v) is 16.2. The lowest BCUT2D eigenvalue weighted by Crippen LogP contribution is -2.59. The normalized spacial score (nSPS) is 30.5. The quantitative estimate of drug-likeness (QED) is 0.709. The van der Waals surface area contributed by atoms with Gasteiger partial charge in [-0.15, -0.1) is 0 Å². The fourth-order valence-corrected chi connectivity index (χ4v) is 5.87. The Morgan fingerprint density at radius 3 is 2.36 bits per heavy atom. The van der Waals surface area contributed by atoms with Crippen molar-refractivity contribution in [3.05, 3.63) is 23.8 Å². The average Bonchev–Trinajstić information content (AvgIpc) is 2.64. The number of hydrogen-bond donors (Lipinski definition) is 2. The zero-order valence-electron chi connectivity index (χ0n) is 16.2. The highest BCUT2D eigenvalue weighted by Crippen LogP contribution is 2.55. The van der Waals surface area contributed by atoms with Gasteiger partial charge in [-0.3, -0.25) is 4.79 Å². The first kappa shape index (κ1) is 19.4. The summed E-state index contributed by atoms with van der Waals surface area (Å²) in [7, 11) is 1.39. The van der Waals surface area contributed by atoms with E-state index in [-0.39, 0.29) is 22.9 Å². The van der Waals surface area contributed by atoms with Crippen LogP contribution in [0.2, 0.25) is 0 Å². The van der Waals surface area contributed by atoms with Gasteiger partial charge >= 0.3 is 6.61 Å². The molecule has 28 heavy (non-hydrogen) atoms. The Labute approximate surface area is 164 Å². The van der Waals surface area contributed by atoms with Crippen molar-refractivity contribution >= 4 is 5.91 Å². The lowest BCUT2D eigenvalue weighted by Gasteiger charge is -2.57. The highest BCUT2D eigenvalue weighted by molar-refractivity contribution is 5.78. The van der Waals surface area contributed by atoms with Gasteiger partial charge in [0, 0.05) is 12.1 Å². The predicted molar refractivity (Wildman–Crippen MR) is 100 cm³/mol. The molecule has 0 atom stereocenters. The first-order valence-electron chi connectivity index (χ1n) is 10.1. The standard InChI is InChI=1S/C21H28F2N2O3/c1-27-18-7-13(2-3-17(18)28-20(22)23)11-24-19(26)12-25-21-8-14-4-15(9-21)6-16(5-14)10-21/h2-3,7,14-16,20,25H,4-6,8-12H2,1H3,(H,24,26). The molecule has 0 aliphatic heterocycles. The highest BCUT2D eigenvalue weighted by Gasteiger charge is 2.50. The van der Waals surface area contributed by atoms with Crippen molar-refractivity contribution in [1.82, 2.24) is 10.6 Å². The first-order chi connectivity index (χ1) is 13.4. The summed E-state index contributed by atoms with van der Waals surface area (Å²) < 4.78 is 34.3. The summed E-state index contributed by atoms with van der Waals surface area (Å²) in [5.41, 5.74) is 0.922. The minimum Gasteiger partial charge on any atom is -0.493 e. The molecule has 5 rings (SSSR count). The number of hydrogen-bond acceptors (Lipinski definition) is 4. The van der Waals surface area contributed by atoms with E-state index in [0.717, 1.165) is 23.3 Å². The molecule has 0 spiro atoms. The molecule has 0 heterocycles. The van der Waals surface area contributed by atoms with Crippen molar-refractivity contribution in [3.63, 3.8) is 0 Å². The SMILES string of the molecule is COc1cc(CNC(=O)CNC23CC4CC(CC(C4)C2)C3)ccc1OC(F)F. The van der Waals surface area contributed by atoms with E-state index in [1.165, 1.54) is 51.7 Å². The Morgan fingerprint density at radius 1 is 1.14 bits per heavy atom.